The third-order valence-corrected chi connectivity index (χ3v) is 1.19. The van der Waals surface area contributed by atoms with Gasteiger partial charge in [-0.15, -0.1) is 0 Å². The maximum atomic E-state index is 10.7. The number of likely N-dealkylation sites (N-methyl/N-ethyl adjacent to an activating group) is 1. The van der Waals surface area contributed by atoms with Crippen molar-refractivity contribution in [3.05, 3.63) is 0 Å². The highest BCUT2D eigenvalue weighted by Gasteiger charge is 2.22. The van der Waals surface area contributed by atoms with Gasteiger partial charge in [0.25, 0.3) is 0 Å². The quantitative estimate of drug-likeness (QED) is 0.438. The Morgan fingerprint density at radius 2 is 2.00 bits per heavy atom. The van der Waals surface area contributed by atoms with Crippen molar-refractivity contribution in [1.82, 2.24) is 0 Å². The zero-order valence-corrected chi connectivity index (χ0v) is 7.50. The second-order valence-electron chi connectivity index (χ2n) is 3.51. The van der Waals surface area contributed by atoms with E-state index in [9.17, 15) is 4.79 Å². The van der Waals surface area contributed by atoms with Gasteiger partial charge in [0.2, 0.25) is 6.10 Å². The molecule has 0 aliphatic rings. The van der Waals surface area contributed by atoms with E-state index in [-0.39, 0.29) is 0 Å². The molecule has 1 N–H and O–H groups in total. The van der Waals surface area contributed by atoms with Gasteiger partial charge in [0.15, 0.2) is 0 Å². The molecule has 0 aromatic carbocycles. The topological polar surface area (TPSA) is 46.5 Å². The molecule has 0 saturated carbocycles. The van der Waals surface area contributed by atoms with Gasteiger partial charge >= 0.3 is 5.97 Å². The Labute approximate surface area is 67.0 Å². The zero-order valence-electron chi connectivity index (χ0n) is 7.50. The number of carbonyl (C=O) groups is 1. The number of aliphatic hydroxyl groups is 1. The van der Waals surface area contributed by atoms with Crippen LogP contribution in [0.25, 0.3) is 0 Å². The number of esters is 1. The highest BCUT2D eigenvalue weighted by atomic mass is 16.5. The van der Waals surface area contributed by atoms with Gasteiger partial charge in [0, 0.05) is 0 Å². The molecule has 0 rings (SSSR count). The second kappa shape index (κ2) is 3.69. The maximum Gasteiger partial charge on any atom is 0.340 e. The first-order valence-electron chi connectivity index (χ1n) is 3.43. The van der Waals surface area contributed by atoms with E-state index in [0.29, 0.717) is 11.0 Å². The number of hydrogen-bond donors (Lipinski definition) is 1. The number of rotatable bonds is 3. The van der Waals surface area contributed by atoms with E-state index in [1.807, 2.05) is 21.1 Å². The molecule has 11 heavy (non-hydrogen) atoms. The van der Waals surface area contributed by atoms with E-state index in [2.05, 4.69) is 4.74 Å². The summed E-state index contributed by atoms with van der Waals surface area (Å²) in [6.45, 7) is 0.368. The Bertz CT molecular complexity index is 139. The molecule has 0 amide bonds. The third kappa shape index (κ3) is 4.75. The zero-order chi connectivity index (χ0) is 9.07. The Morgan fingerprint density at radius 3 is 2.27 bits per heavy atom. The van der Waals surface area contributed by atoms with Crippen LogP contribution >= 0.6 is 0 Å². The summed E-state index contributed by atoms with van der Waals surface area (Å²) in [7, 11) is 6.95. The van der Waals surface area contributed by atoms with Crippen LogP contribution in [0.1, 0.15) is 0 Å². The minimum Gasteiger partial charge on any atom is -0.467 e. The Hall–Kier alpha value is -0.610. The van der Waals surface area contributed by atoms with E-state index >= 15 is 0 Å². The molecule has 0 spiro atoms. The van der Waals surface area contributed by atoms with E-state index in [0.717, 1.165) is 0 Å². The fourth-order valence-electron chi connectivity index (χ4n) is 0.729. The van der Waals surface area contributed by atoms with Crippen molar-refractivity contribution >= 4 is 5.97 Å². The Kier molecular flexibility index (Phi) is 3.48. The highest BCUT2D eigenvalue weighted by Crippen LogP contribution is 1.96. The molecular formula is C7H16NO3+. The fourth-order valence-corrected chi connectivity index (χ4v) is 0.729. The number of aliphatic hydroxyl groups excluding tert-OH is 1. The summed E-state index contributed by atoms with van der Waals surface area (Å²) in [5.74, 6) is -0.571. The monoisotopic (exact) mass is 162 g/mol. The van der Waals surface area contributed by atoms with Crippen molar-refractivity contribution in [2.75, 3.05) is 34.8 Å². The molecule has 0 aliphatic heterocycles. The van der Waals surface area contributed by atoms with Gasteiger partial charge in [-0.2, -0.15) is 0 Å². The van der Waals surface area contributed by atoms with Crippen LogP contribution in [0.3, 0.4) is 0 Å². The lowest BCUT2D eigenvalue weighted by atomic mass is 10.3. The molecule has 4 nitrogen and oxygen atoms in total. The SMILES string of the molecule is COC(=O)C(O)C[N+](C)(C)C. The molecule has 66 valence electrons. The summed E-state index contributed by atoms with van der Waals surface area (Å²) in [5.41, 5.74) is 0. The van der Waals surface area contributed by atoms with Gasteiger partial charge < -0.3 is 14.3 Å². The number of methoxy groups -OCH3 is 1. The smallest absolute Gasteiger partial charge is 0.340 e. The number of nitrogens with zero attached hydrogens (tertiary/aromatic N) is 1. The summed E-state index contributed by atoms with van der Waals surface area (Å²) < 4.78 is 4.90. The van der Waals surface area contributed by atoms with Gasteiger partial charge in [0.1, 0.15) is 6.54 Å². The molecule has 0 aromatic heterocycles. The average Bonchev–Trinajstić information content (AvgIpc) is 1.82. The third-order valence-electron chi connectivity index (χ3n) is 1.19. The van der Waals surface area contributed by atoms with Crippen LogP contribution in [-0.2, 0) is 9.53 Å². The number of hydrogen-bond acceptors (Lipinski definition) is 3. The van der Waals surface area contributed by atoms with Crippen LogP contribution in [0.15, 0.2) is 0 Å². The summed E-state index contributed by atoms with van der Waals surface area (Å²) in [4.78, 5) is 10.7. The van der Waals surface area contributed by atoms with Crippen LogP contribution in [0, 0.1) is 0 Å². The molecule has 0 aliphatic carbocycles. The number of quaternary nitrogens is 1. The van der Waals surface area contributed by atoms with Crippen LogP contribution in [0.2, 0.25) is 0 Å². The van der Waals surface area contributed by atoms with E-state index < -0.39 is 12.1 Å². The van der Waals surface area contributed by atoms with Gasteiger partial charge in [-0.05, 0) is 0 Å². The highest BCUT2D eigenvalue weighted by molar-refractivity contribution is 5.74. The lowest BCUT2D eigenvalue weighted by Gasteiger charge is -2.25. The molecule has 0 radical (unpaired) electrons. The van der Waals surface area contributed by atoms with E-state index in [1.54, 1.807) is 0 Å². The van der Waals surface area contributed by atoms with Gasteiger partial charge in [-0.1, -0.05) is 0 Å². The van der Waals surface area contributed by atoms with Crippen molar-refractivity contribution < 1.29 is 19.1 Å². The number of carbonyl (C=O) groups excluding carboxylic acids is 1. The summed E-state index contributed by atoms with van der Waals surface area (Å²) in [6, 6.07) is 0. The van der Waals surface area contributed by atoms with Crippen LogP contribution < -0.4 is 0 Å². The largest absolute Gasteiger partial charge is 0.467 e. The minimum absolute atomic E-state index is 0.368. The molecule has 4 heteroatoms. The van der Waals surface area contributed by atoms with Crippen LogP contribution in [-0.4, -0.2) is 56.5 Å². The van der Waals surface area contributed by atoms with Gasteiger partial charge in [0.05, 0.1) is 28.3 Å². The Morgan fingerprint density at radius 1 is 1.55 bits per heavy atom. The van der Waals surface area contributed by atoms with Crippen LogP contribution in [0.4, 0.5) is 0 Å². The lowest BCUT2D eigenvalue weighted by Crippen LogP contribution is -2.44. The summed E-state index contributed by atoms with van der Waals surface area (Å²) in [5, 5.41) is 9.16. The predicted molar refractivity (Wildman–Crippen MR) is 40.9 cm³/mol. The van der Waals surface area contributed by atoms with Gasteiger partial charge in [-0.25, -0.2) is 4.79 Å². The minimum atomic E-state index is -1.01. The van der Waals surface area contributed by atoms with Crippen molar-refractivity contribution in [3.63, 3.8) is 0 Å². The molecule has 1 unspecified atom stereocenters. The first-order valence-corrected chi connectivity index (χ1v) is 3.43. The van der Waals surface area contributed by atoms with Crippen molar-refractivity contribution in [3.8, 4) is 0 Å². The molecule has 1 atom stereocenters. The molecule has 0 heterocycles. The number of ether oxygens (including phenoxy) is 1. The summed E-state index contributed by atoms with van der Waals surface area (Å²) in [6.07, 6.45) is -1.01. The van der Waals surface area contributed by atoms with Gasteiger partial charge in [-0.3, -0.25) is 0 Å². The molecule has 0 fully saturated rings. The summed E-state index contributed by atoms with van der Waals surface area (Å²) >= 11 is 0. The lowest BCUT2D eigenvalue weighted by molar-refractivity contribution is -0.872. The average molecular weight is 162 g/mol. The first-order chi connectivity index (χ1) is 4.87. The molecule has 0 aromatic rings. The predicted octanol–water partition coefficient (Wildman–Crippen LogP) is -0.773. The Balaban J connectivity index is 3.87. The van der Waals surface area contributed by atoms with Crippen molar-refractivity contribution in [2.24, 2.45) is 0 Å². The van der Waals surface area contributed by atoms with Crippen molar-refractivity contribution in [2.45, 2.75) is 6.10 Å². The standard InChI is InChI=1S/C7H16NO3/c1-8(2,3)5-6(9)7(10)11-4/h6,9H,5H2,1-4H3/q+1. The second-order valence-corrected chi connectivity index (χ2v) is 3.51. The van der Waals surface area contributed by atoms with Crippen molar-refractivity contribution in [1.29, 1.82) is 0 Å². The van der Waals surface area contributed by atoms with E-state index in [4.69, 9.17) is 5.11 Å². The first kappa shape index (κ1) is 10.4. The molecular weight excluding hydrogens is 146 g/mol. The molecule has 0 saturated heterocycles. The van der Waals surface area contributed by atoms with E-state index in [1.165, 1.54) is 7.11 Å². The maximum absolute atomic E-state index is 10.7. The van der Waals surface area contributed by atoms with Crippen LogP contribution in [0.5, 0.6) is 0 Å². The normalized spacial score (nSPS) is 14.3. The molecule has 0 bridgehead atoms. The fraction of sp³-hybridized carbons (Fsp3) is 0.857.